The SMILES string of the molecule is CC1(C)C(/C=C/C(=C/C=C2/N(CCCS(=O)(=O)O)c3ccc(S(=O)(=O)O)cc3C2(C)C)c2ccc(CCC(=O)ON3C(=O)CCC3=O)cc2)=Nc2c1cc(Cl)c[n+]2CCCS(=O)(=O)O. The van der Waals surface area contributed by atoms with E-state index >= 15 is 0 Å². The molecule has 3 aliphatic rings. The van der Waals surface area contributed by atoms with Crippen molar-refractivity contribution in [3.63, 3.8) is 0 Å². The van der Waals surface area contributed by atoms with E-state index in [1.165, 1.54) is 18.2 Å². The van der Waals surface area contributed by atoms with Gasteiger partial charge in [0, 0.05) is 42.6 Å². The van der Waals surface area contributed by atoms with Crippen LogP contribution in [0.5, 0.6) is 0 Å². The van der Waals surface area contributed by atoms with Crippen LogP contribution in [0.4, 0.5) is 11.5 Å². The van der Waals surface area contributed by atoms with E-state index in [1.54, 1.807) is 16.8 Å². The molecule has 0 unspecified atom stereocenters. The summed E-state index contributed by atoms with van der Waals surface area (Å²) in [6, 6.07) is 13.2. The highest BCUT2D eigenvalue weighted by atomic mass is 35.5. The van der Waals surface area contributed by atoms with Crippen LogP contribution >= 0.6 is 11.6 Å². The minimum atomic E-state index is -4.57. The predicted octanol–water partition coefficient (Wildman–Crippen LogP) is 5.66. The average Bonchev–Trinajstić information content (AvgIpc) is 3.72. The lowest BCUT2D eigenvalue weighted by molar-refractivity contribution is -0.684. The zero-order valence-corrected chi connectivity index (χ0v) is 38.6. The molecule has 1 saturated heterocycles. The number of carbonyl (C=O) groups is 3. The number of imide groups is 1. The second-order valence-corrected chi connectivity index (χ2v) is 21.7. The number of hydrogen-bond donors (Lipinski definition) is 3. The average molecular weight is 961 g/mol. The van der Waals surface area contributed by atoms with E-state index in [9.17, 15) is 53.3 Å². The van der Waals surface area contributed by atoms with E-state index in [1.807, 2.05) is 81.2 Å². The topological polar surface area (TPSA) is 246 Å². The number of amides is 2. The summed E-state index contributed by atoms with van der Waals surface area (Å²) in [4.78, 5) is 47.8. The van der Waals surface area contributed by atoms with Crippen LogP contribution in [0, 0.1) is 0 Å². The van der Waals surface area contributed by atoms with Gasteiger partial charge in [0.1, 0.15) is 6.20 Å². The highest BCUT2D eigenvalue weighted by Gasteiger charge is 2.43. The Morgan fingerprint density at radius 2 is 1.52 bits per heavy atom. The molecule has 1 fully saturated rings. The molecule has 3 N–H and O–H groups in total. The first-order chi connectivity index (χ1) is 29.7. The zero-order valence-electron chi connectivity index (χ0n) is 35.4. The molecule has 0 atom stereocenters. The minimum Gasteiger partial charge on any atom is -0.344 e. The Kier molecular flexibility index (Phi) is 13.9. The van der Waals surface area contributed by atoms with Crippen LogP contribution in [-0.2, 0) is 73.4 Å². The van der Waals surface area contributed by atoms with Gasteiger partial charge < -0.3 is 9.74 Å². The first kappa shape index (κ1) is 48.4. The normalized spacial score (nSPS) is 18.0. The van der Waals surface area contributed by atoms with E-state index in [0.29, 0.717) is 49.7 Å². The lowest BCUT2D eigenvalue weighted by atomic mass is 9.81. The number of halogens is 1. The molecule has 2 amide bonds. The van der Waals surface area contributed by atoms with Crippen molar-refractivity contribution < 1.29 is 62.7 Å². The smallest absolute Gasteiger partial charge is 0.333 e. The number of pyridine rings is 1. The molecule has 0 radical (unpaired) electrons. The Labute approximate surface area is 377 Å². The lowest BCUT2D eigenvalue weighted by Crippen LogP contribution is -2.36. The number of carbonyl (C=O) groups excluding carboxylic acids is 3. The largest absolute Gasteiger partial charge is 0.344 e. The molecule has 0 bridgehead atoms. The summed E-state index contributed by atoms with van der Waals surface area (Å²) in [7, 11) is -13.1. The fraction of sp³-hybridized carbons (Fsp3) is 0.372. The summed E-state index contributed by atoms with van der Waals surface area (Å²) >= 11 is 6.52. The van der Waals surface area contributed by atoms with Gasteiger partial charge in [0.2, 0.25) is 0 Å². The predicted molar refractivity (Wildman–Crippen MR) is 238 cm³/mol. The molecule has 342 valence electrons. The Morgan fingerprint density at radius 3 is 2.14 bits per heavy atom. The zero-order chi connectivity index (χ0) is 47.0. The number of aromatic nitrogens is 1. The molecule has 3 aromatic rings. The van der Waals surface area contributed by atoms with Gasteiger partial charge in [-0.2, -0.15) is 25.3 Å². The van der Waals surface area contributed by atoms with Crippen molar-refractivity contribution >= 4 is 82.5 Å². The van der Waals surface area contributed by atoms with Gasteiger partial charge in [-0.3, -0.25) is 23.2 Å². The maximum Gasteiger partial charge on any atom is 0.333 e. The molecule has 2 aromatic carbocycles. The molecular formula is C43H48ClN4O13S3+. The summed E-state index contributed by atoms with van der Waals surface area (Å²) in [5, 5.41) is 0.908. The third-order valence-corrected chi connectivity index (χ3v) is 14.0. The third-order valence-electron chi connectivity index (χ3n) is 11.3. The van der Waals surface area contributed by atoms with Crippen molar-refractivity contribution in [2.45, 2.75) is 88.5 Å². The number of aliphatic imine (C=N–C) groups is 1. The highest BCUT2D eigenvalue weighted by molar-refractivity contribution is 7.86. The van der Waals surface area contributed by atoms with Crippen LogP contribution in [0.1, 0.15) is 82.1 Å². The molecule has 4 heterocycles. The Bertz CT molecular complexity index is 2850. The maximum absolute atomic E-state index is 12.5. The van der Waals surface area contributed by atoms with Crippen molar-refractivity contribution in [1.82, 2.24) is 5.06 Å². The summed E-state index contributed by atoms with van der Waals surface area (Å²) < 4.78 is 101. The third kappa shape index (κ3) is 11.2. The van der Waals surface area contributed by atoms with E-state index in [2.05, 4.69) is 0 Å². The molecule has 1 aromatic heterocycles. The van der Waals surface area contributed by atoms with Crippen LogP contribution in [0.2, 0.25) is 5.02 Å². The monoisotopic (exact) mass is 959 g/mol. The summed E-state index contributed by atoms with van der Waals surface area (Å²) in [5.41, 5.74) is 3.75. The maximum atomic E-state index is 12.5. The molecule has 6 rings (SSSR count). The van der Waals surface area contributed by atoms with Crippen molar-refractivity contribution in [3.05, 3.63) is 112 Å². The van der Waals surface area contributed by atoms with Crippen molar-refractivity contribution in [3.8, 4) is 0 Å². The minimum absolute atomic E-state index is 0.0220. The van der Waals surface area contributed by atoms with Gasteiger partial charge in [0.05, 0.1) is 45.4 Å². The van der Waals surface area contributed by atoms with E-state index in [4.69, 9.17) is 21.4 Å². The Balaban J connectivity index is 1.39. The van der Waals surface area contributed by atoms with Crippen LogP contribution < -0.4 is 9.47 Å². The number of hydrogen-bond acceptors (Lipinski definition) is 12. The number of anilines is 1. The number of fused-ring (bicyclic) bond motifs is 2. The van der Waals surface area contributed by atoms with Crippen LogP contribution in [0.25, 0.3) is 5.57 Å². The summed E-state index contributed by atoms with van der Waals surface area (Å²) in [5.74, 6) is -2.30. The quantitative estimate of drug-likeness (QED) is 0.0640. The van der Waals surface area contributed by atoms with Gasteiger partial charge in [-0.05, 0) is 90.4 Å². The molecule has 0 saturated carbocycles. The van der Waals surface area contributed by atoms with E-state index in [-0.39, 0.29) is 56.5 Å². The molecular weight excluding hydrogens is 912 g/mol. The van der Waals surface area contributed by atoms with Crippen molar-refractivity contribution in [2.24, 2.45) is 4.99 Å². The van der Waals surface area contributed by atoms with E-state index < -0.39 is 70.5 Å². The van der Waals surface area contributed by atoms with Gasteiger partial charge >= 0.3 is 11.8 Å². The fourth-order valence-electron chi connectivity index (χ4n) is 7.88. The Morgan fingerprint density at radius 1 is 0.875 bits per heavy atom. The summed E-state index contributed by atoms with van der Waals surface area (Å²) in [6.07, 6.45) is 9.20. The van der Waals surface area contributed by atoms with Gasteiger partial charge in [-0.25, -0.2) is 9.36 Å². The number of allylic oxidation sites excluding steroid dienone is 6. The van der Waals surface area contributed by atoms with E-state index in [0.717, 1.165) is 11.1 Å². The Hall–Kier alpha value is -5.09. The summed E-state index contributed by atoms with van der Waals surface area (Å²) in [6.45, 7) is 7.98. The van der Waals surface area contributed by atoms with Crippen molar-refractivity contribution in [2.75, 3.05) is 23.0 Å². The molecule has 17 nitrogen and oxygen atoms in total. The second kappa shape index (κ2) is 18.4. The van der Waals surface area contributed by atoms with Crippen molar-refractivity contribution in [1.29, 1.82) is 0 Å². The molecule has 3 aliphatic heterocycles. The van der Waals surface area contributed by atoms with Crippen LogP contribution in [0.15, 0.2) is 94.6 Å². The molecule has 0 aliphatic carbocycles. The number of aryl methyl sites for hydroxylation is 2. The number of rotatable bonds is 17. The molecule has 64 heavy (non-hydrogen) atoms. The second-order valence-electron chi connectivity index (χ2n) is 16.7. The van der Waals surface area contributed by atoms with Crippen LogP contribution in [-0.4, -0.2) is 85.5 Å². The van der Waals surface area contributed by atoms with Crippen LogP contribution in [0.3, 0.4) is 0 Å². The highest BCUT2D eigenvalue weighted by Crippen LogP contribution is 2.49. The first-order valence-electron chi connectivity index (χ1n) is 20.1. The first-order valence-corrected chi connectivity index (χ1v) is 25.2. The lowest BCUT2D eigenvalue weighted by Gasteiger charge is -2.27. The fourth-order valence-corrected chi connectivity index (χ4v) is 9.60. The van der Waals surface area contributed by atoms with Gasteiger partial charge in [-0.15, -0.1) is 5.06 Å². The number of benzene rings is 2. The molecule has 21 heteroatoms. The van der Waals surface area contributed by atoms with Gasteiger partial charge in [0.25, 0.3) is 42.2 Å². The number of nitrogens with zero attached hydrogens (tertiary/aromatic N) is 4. The number of hydroxylamine groups is 2. The van der Waals surface area contributed by atoms with Gasteiger partial charge in [0.15, 0.2) is 5.71 Å². The standard InChI is InChI=1S/C43H47ClN4O13S3/c1-42(2)34-25-31(44)27-46(21-5-23-62(52,53)54)41(34)45-36(42)16-12-30(29-10-7-28(8-11-29)9-20-40(51)61-48-38(49)18-19-39(48)50)13-17-37-43(3,4)33-26-32(64(58,59)60)14-15-35(33)47(37)22-6-24-63(55,56)57/h7-8,10-17,25-27H,5-6,9,18-24H2,1-4H3,(H2-,52,53,54,55,56,57,58,59,60)/p+1. The molecule has 0 spiro atoms. The van der Waals surface area contributed by atoms with Gasteiger partial charge in [-0.1, -0.05) is 61.9 Å².